The van der Waals surface area contributed by atoms with Gasteiger partial charge < -0.3 is 0 Å². The molecule has 0 aromatic carbocycles. The van der Waals surface area contributed by atoms with Crippen molar-refractivity contribution in [3.8, 4) is 6.19 Å². The molecule has 1 fully saturated rings. The fourth-order valence-corrected chi connectivity index (χ4v) is 1.96. The molecule has 0 bridgehead atoms. The van der Waals surface area contributed by atoms with E-state index in [2.05, 4.69) is 10.3 Å². The lowest BCUT2D eigenvalue weighted by Crippen LogP contribution is -2.15. The standard InChI is InChI=1S/C9H15N3S/c1-13-9(12-7-10)11-6-8-4-2-3-5-8/h8H,2-6H2,1H3,(H,11,12). The van der Waals surface area contributed by atoms with E-state index in [9.17, 15) is 0 Å². The van der Waals surface area contributed by atoms with Crippen LogP contribution in [0.1, 0.15) is 25.7 Å². The molecular weight excluding hydrogens is 182 g/mol. The van der Waals surface area contributed by atoms with Crippen LogP contribution in [-0.2, 0) is 0 Å². The third-order valence-electron chi connectivity index (χ3n) is 2.32. The molecule has 0 atom stereocenters. The van der Waals surface area contributed by atoms with Gasteiger partial charge in [-0.15, -0.1) is 0 Å². The van der Waals surface area contributed by atoms with Gasteiger partial charge in [0.25, 0.3) is 0 Å². The number of nitrogens with one attached hydrogen (secondary N) is 1. The van der Waals surface area contributed by atoms with E-state index >= 15 is 0 Å². The van der Waals surface area contributed by atoms with Gasteiger partial charge in [-0.1, -0.05) is 24.6 Å². The summed E-state index contributed by atoms with van der Waals surface area (Å²) in [6.07, 6.45) is 9.12. The largest absolute Gasteiger partial charge is 0.272 e. The zero-order valence-electron chi connectivity index (χ0n) is 7.92. The van der Waals surface area contributed by atoms with Crippen LogP contribution in [0.15, 0.2) is 4.99 Å². The lowest BCUT2D eigenvalue weighted by Gasteiger charge is -2.05. The van der Waals surface area contributed by atoms with Crippen LogP contribution in [0.4, 0.5) is 0 Å². The van der Waals surface area contributed by atoms with Crippen molar-refractivity contribution in [2.24, 2.45) is 10.9 Å². The van der Waals surface area contributed by atoms with Gasteiger partial charge in [0.15, 0.2) is 11.4 Å². The van der Waals surface area contributed by atoms with E-state index in [1.54, 1.807) is 0 Å². The van der Waals surface area contributed by atoms with Crippen LogP contribution in [0.25, 0.3) is 0 Å². The molecule has 4 heteroatoms. The fraction of sp³-hybridized carbons (Fsp3) is 0.778. The number of rotatable bonds is 2. The number of amidine groups is 1. The Labute approximate surface area is 83.6 Å². The molecule has 0 amide bonds. The molecule has 1 aliphatic rings. The smallest absolute Gasteiger partial charge is 0.183 e. The maximum absolute atomic E-state index is 8.40. The van der Waals surface area contributed by atoms with E-state index < -0.39 is 0 Å². The van der Waals surface area contributed by atoms with Gasteiger partial charge in [0.1, 0.15) is 0 Å². The average Bonchev–Trinajstić information content (AvgIpc) is 2.64. The predicted octanol–water partition coefficient (Wildman–Crippen LogP) is 1.97. The second-order valence-corrected chi connectivity index (χ2v) is 4.03. The average molecular weight is 197 g/mol. The Balaban J connectivity index is 2.30. The summed E-state index contributed by atoms with van der Waals surface area (Å²) in [4.78, 5) is 4.36. The summed E-state index contributed by atoms with van der Waals surface area (Å²) >= 11 is 1.49. The van der Waals surface area contributed by atoms with Crippen LogP contribution in [0.2, 0.25) is 0 Å². The Morgan fingerprint density at radius 3 is 2.85 bits per heavy atom. The summed E-state index contributed by atoms with van der Waals surface area (Å²) in [5.74, 6) is 0.752. The van der Waals surface area contributed by atoms with Crippen molar-refractivity contribution in [2.75, 3.05) is 12.8 Å². The molecule has 0 saturated heterocycles. The lowest BCUT2D eigenvalue weighted by atomic mass is 10.1. The van der Waals surface area contributed by atoms with Crippen LogP contribution in [0.3, 0.4) is 0 Å². The molecule has 0 unspecified atom stereocenters. The highest BCUT2D eigenvalue weighted by atomic mass is 32.2. The van der Waals surface area contributed by atoms with Gasteiger partial charge in [0.05, 0.1) is 0 Å². The highest BCUT2D eigenvalue weighted by Crippen LogP contribution is 2.24. The van der Waals surface area contributed by atoms with Gasteiger partial charge in [-0.3, -0.25) is 10.3 Å². The number of hydrogen-bond acceptors (Lipinski definition) is 3. The third-order valence-corrected chi connectivity index (χ3v) is 2.94. The SMILES string of the molecule is CSC(=NCC1CCCC1)NC#N. The first-order valence-electron chi connectivity index (χ1n) is 4.60. The van der Waals surface area contributed by atoms with Gasteiger partial charge in [0, 0.05) is 6.54 Å². The van der Waals surface area contributed by atoms with Crippen LogP contribution in [-0.4, -0.2) is 18.0 Å². The molecule has 1 rings (SSSR count). The van der Waals surface area contributed by atoms with Crippen molar-refractivity contribution in [1.29, 1.82) is 5.26 Å². The summed E-state index contributed by atoms with van der Waals surface area (Å²) < 4.78 is 0. The Morgan fingerprint density at radius 1 is 1.62 bits per heavy atom. The number of aliphatic imine (C=N–C) groups is 1. The van der Waals surface area contributed by atoms with Crippen LogP contribution in [0, 0.1) is 17.4 Å². The predicted molar refractivity (Wildman–Crippen MR) is 56.5 cm³/mol. The zero-order valence-corrected chi connectivity index (χ0v) is 8.73. The Hall–Kier alpha value is -0.690. The molecule has 13 heavy (non-hydrogen) atoms. The molecule has 72 valence electrons. The quantitative estimate of drug-likeness (QED) is 0.318. The summed E-state index contributed by atoms with van der Waals surface area (Å²) in [6, 6.07) is 0. The van der Waals surface area contributed by atoms with Crippen molar-refractivity contribution < 1.29 is 0 Å². The summed E-state index contributed by atoms with van der Waals surface area (Å²) in [7, 11) is 0. The number of hydrogen-bond donors (Lipinski definition) is 1. The molecule has 0 aromatic heterocycles. The van der Waals surface area contributed by atoms with Crippen molar-refractivity contribution >= 4 is 16.9 Å². The zero-order chi connectivity index (χ0) is 9.52. The Morgan fingerprint density at radius 2 is 2.31 bits per heavy atom. The first kappa shape index (κ1) is 10.4. The first-order chi connectivity index (χ1) is 6.36. The molecule has 0 spiro atoms. The fourth-order valence-electron chi connectivity index (χ4n) is 1.61. The monoisotopic (exact) mass is 197 g/mol. The van der Waals surface area contributed by atoms with Crippen LogP contribution >= 0.6 is 11.8 Å². The highest BCUT2D eigenvalue weighted by Gasteiger charge is 2.14. The van der Waals surface area contributed by atoms with Gasteiger partial charge in [-0.05, 0) is 25.0 Å². The van der Waals surface area contributed by atoms with Gasteiger partial charge in [0.2, 0.25) is 0 Å². The number of thioether (sulfide) groups is 1. The minimum atomic E-state index is 0.745. The molecule has 0 aromatic rings. The second-order valence-electron chi connectivity index (χ2n) is 3.24. The van der Waals surface area contributed by atoms with Crippen LogP contribution in [0.5, 0.6) is 0 Å². The van der Waals surface area contributed by atoms with Crippen molar-refractivity contribution in [2.45, 2.75) is 25.7 Å². The second kappa shape index (κ2) is 5.87. The maximum atomic E-state index is 8.40. The summed E-state index contributed by atoms with van der Waals surface area (Å²) in [6.45, 7) is 0.880. The molecular formula is C9H15N3S. The van der Waals surface area contributed by atoms with Crippen molar-refractivity contribution in [3.05, 3.63) is 0 Å². The third kappa shape index (κ3) is 3.69. The Kier molecular flexibility index (Phi) is 4.69. The van der Waals surface area contributed by atoms with Gasteiger partial charge in [-0.25, -0.2) is 0 Å². The van der Waals surface area contributed by atoms with E-state index in [1.165, 1.54) is 37.4 Å². The minimum absolute atomic E-state index is 0.745. The molecule has 0 heterocycles. The molecule has 1 saturated carbocycles. The van der Waals surface area contributed by atoms with Crippen molar-refractivity contribution in [1.82, 2.24) is 5.32 Å². The molecule has 1 aliphatic carbocycles. The molecule has 0 aliphatic heterocycles. The first-order valence-corrected chi connectivity index (χ1v) is 5.83. The highest BCUT2D eigenvalue weighted by molar-refractivity contribution is 8.13. The normalized spacial score (nSPS) is 18.6. The Bertz CT molecular complexity index is 213. The molecule has 3 nitrogen and oxygen atoms in total. The summed E-state index contributed by atoms with van der Waals surface area (Å²) in [5, 5.41) is 11.7. The number of nitriles is 1. The van der Waals surface area contributed by atoms with E-state index in [-0.39, 0.29) is 0 Å². The van der Waals surface area contributed by atoms with Crippen molar-refractivity contribution in [3.63, 3.8) is 0 Å². The maximum Gasteiger partial charge on any atom is 0.183 e. The lowest BCUT2D eigenvalue weighted by molar-refractivity contribution is 0.563. The van der Waals surface area contributed by atoms with Gasteiger partial charge in [-0.2, -0.15) is 5.26 Å². The van der Waals surface area contributed by atoms with E-state index in [0.29, 0.717) is 0 Å². The number of nitrogens with zero attached hydrogens (tertiary/aromatic N) is 2. The van der Waals surface area contributed by atoms with E-state index in [4.69, 9.17) is 5.26 Å². The molecule has 1 N–H and O–H groups in total. The topological polar surface area (TPSA) is 48.2 Å². The van der Waals surface area contributed by atoms with E-state index in [0.717, 1.165) is 17.6 Å². The van der Waals surface area contributed by atoms with Gasteiger partial charge >= 0.3 is 0 Å². The molecule has 0 radical (unpaired) electrons. The van der Waals surface area contributed by atoms with E-state index in [1.807, 2.05) is 12.4 Å². The minimum Gasteiger partial charge on any atom is -0.272 e. The van der Waals surface area contributed by atoms with Crippen LogP contribution < -0.4 is 5.32 Å². The summed E-state index contributed by atoms with van der Waals surface area (Å²) in [5.41, 5.74) is 0.